The molecule has 7 heteroatoms. The largest absolute Gasteiger partial charge is 0.397 e. The lowest BCUT2D eigenvalue weighted by Crippen LogP contribution is -2.11. The Labute approximate surface area is 123 Å². The fraction of sp³-hybridized carbons (Fsp3) is 0.154. The highest BCUT2D eigenvalue weighted by atomic mass is 32.1. The molecule has 0 bridgehead atoms. The van der Waals surface area contributed by atoms with Crippen LogP contribution in [0.3, 0.4) is 0 Å². The quantitative estimate of drug-likeness (QED) is 0.762. The maximum Gasteiger partial charge on any atom is 0.269 e. The van der Waals surface area contributed by atoms with Gasteiger partial charge in [0, 0.05) is 16.5 Å². The van der Waals surface area contributed by atoms with Gasteiger partial charge < -0.3 is 5.73 Å². The second kappa shape index (κ2) is 4.84. The van der Waals surface area contributed by atoms with E-state index in [9.17, 15) is 4.79 Å². The molecule has 3 aromatic heterocycles. The molecule has 3 heterocycles. The van der Waals surface area contributed by atoms with E-state index in [2.05, 4.69) is 15.3 Å². The number of carbonyl (C=O) groups excluding carboxylic acids is 1. The molecular formula is C13H12N4OS2. The fourth-order valence-electron chi connectivity index (χ4n) is 1.82. The van der Waals surface area contributed by atoms with Crippen LogP contribution in [0.15, 0.2) is 17.5 Å². The van der Waals surface area contributed by atoms with Gasteiger partial charge in [0.1, 0.15) is 9.71 Å². The summed E-state index contributed by atoms with van der Waals surface area (Å²) in [4.78, 5) is 22.1. The summed E-state index contributed by atoms with van der Waals surface area (Å²) in [5.74, 6) is -0.238. The summed E-state index contributed by atoms with van der Waals surface area (Å²) in [7, 11) is 0. The zero-order valence-corrected chi connectivity index (χ0v) is 12.6. The van der Waals surface area contributed by atoms with E-state index in [0.717, 1.165) is 21.6 Å². The van der Waals surface area contributed by atoms with Gasteiger partial charge >= 0.3 is 0 Å². The lowest BCUT2D eigenvalue weighted by atomic mass is 10.2. The van der Waals surface area contributed by atoms with Crippen LogP contribution in [-0.2, 0) is 0 Å². The molecule has 0 spiro atoms. The van der Waals surface area contributed by atoms with Crippen molar-refractivity contribution in [1.82, 2.24) is 9.97 Å². The van der Waals surface area contributed by atoms with Gasteiger partial charge in [-0.15, -0.1) is 22.7 Å². The number of fused-ring (bicyclic) bond motifs is 1. The van der Waals surface area contributed by atoms with E-state index in [0.29, 0.717) is 15.7 Å². The summed E-state index contributed by atoms with van der Waals surface area (Å²) in [5.41, 5.74) is 8.30. The molecular weight excluding hydrogens is 292 g/mol. The van der Waals surface area contributed by atoms with E-state index >= 15 is 0 Å². The molecule has 0 aliphatic rings. The molecule has 20 heavy (non-hydrogen) atoms. The van der Waals surface area contributed by atoms with Gasteiger partial charge in [0.15, 0.2) is 5.13 Å². The molecule has 0 atom stereocenters. The molecule has 0 radical (unpaired) electrons. The number of thiazole rings is 1. The van der Waals surface area contributed by atoms with Crippen molar-refractivity contribution in [1.29, 1.82) is 0 Å². The molecule has 3 aromatic rings. The highest BCUT2D eigenvalue weighted by Crippen LogP contribution is 2.33. The Kier molecular flexibility index (Phi) is 3.15. The standard InChI is InChI=1S/C13H12N4OS2/c1-6-3-4-8-9(14)10(20-12(8)15-6)11(18)17-13-16-7(2)5-19-13/h3-5H,14H2,1-2H3,(H,16,17,18). The van der Waals surface area contributed by atoms with Crippen LogP contribution in [0.1, 0.15) is 21.1 Å². The average molecular weight is 304 g/mol. The van der Waals surface area contributed by atoms with Crippen molar-refractivity contribution in [3.63, 3.8) is 0 Å². The van der Waals surface area contributed by atoms with Gasteiger partial charge in [-0.1, -0.05) is 0 Å². The summed E-state index contributed by atoms with van der Waals surface area (Å²) in [5, 5.41) is 6.05. The number of nitrogens with two attached hydrogens (primary N) is 1. The molecule has 102 valence electrons. The van der Waals surface area contributed by atoms with Crippen LogP contribution in [0.2, 0.25) is 0 Å². The van der Waals surface area contributed by atoms with Crippen LogP contribution in [0.25, 0.3) is 10.2 Å². The van der Waals surface area contributed by atoms with Crippen molar-refractivity contribution in [3.8, 4) is 0 Å². The number of thiophene rings is 1. The minimum absolute atomic E-state index is 0.238. The van der Waals surface area contributed by atoms with Crippen LogP contribution in [0.4, 0.5) is 10.8 Å². The van der Waals surface area contributed by atoms with Crippen LogP contribution in [0.5, 0.6) is 0 Å². The van der Waals surface area contributed by atoms with E-state index in [1.54, 1.807) is 0 Å². The second-order valence-corrected chi connectivity index (χ2v) is 6.26. The van der Waals surface area contributed by atoms with Gasteiger partial charge in [-0.2, -0.15) is 0 Å². The van der Waals surface area contributed by atoms with Gasteiger partial charge in [0.2, 0.25) is 0 Å². The minimum Gasteiger partial charge on any atom is -0.397 e. The molecule has 0 aromatic carbocycles. The summed E-state index contributed by atoms with van der Waals surface area (Å²) >= 11 is 2.69. The van der Waals surface area contributed by atoms with E-state index < -0.39 is 0 Å². The van der Waals surface area contributed by atoms with E-state index in [-0.39, 0.29) is 5.91 Å². The van der Waals surface area contributed by atoms with Crippen molar-refractivity contribution in [2.45, 2.75) is 13.8 Å². The molecule has 1 amide bonds. The van der Waals surface area contributed by atoms with Crippen LogP contribution < -0.4 is 11.1 Å². The predicted octanol–water partition coefficient (Wildman–Crippen LogP) is 3.20. The summed E-state index contributed by atoms with van der Waals surface area (Å²) in [6, 6.07) is 3.78. The average Bonchev–Trinajstić information content (AvgIpc) is 2.94. The summed E-state index contributed by atoms with van der Waals surface area (Å²) in [6.45, 7) is 3.79. The number of hydrogen-bond donors (Lipinski definition) is 2. The predicted molar refractivity (Wildman–Crippen MR) is 83.6 cm³/mol. The Balaban J connectivity index is 1.97. The number of hydrogen-bond acceptors (Lipinski definition) is 6. The zero-order valence-electron chi connectivity index (χ0n) is 10.9. The van der Waals surface area contributed by atoms with E-state index in [1.165, 1.54) is 22.7 Å². The Bertz CT molecular complexity index is 806. The number of aryl methyl sites for hydroxylation is 2. The number of nitrogens with zero attached hydrogens (tertiary/aromatic N) is 2. The highest BCUT2D eigenvalue weighted by molar-refractivity contribution is 7.21. The van der Waals surface area contributed by atoms with Crippen molar-refractivity contribution < 1.29 is 4.79 Å². The number of amides is 1. The molecule has 3 N–H and O–H groups in total. The summed E-state index contributed by atoms with van der Waals surface area (Å²) < 4.78 is 0. The van der Waals surface area contributed by atoms with Crippen LogP contribution >= 0.6 is 22.7 Å². The third-order valence-electron chi connectivity index (χ3n) is 2.78. The van der Waals surface area contributed by atoms with Crippen LogP contribution in [-0.4, -0.2) is 15.9 Å². The number of rotatable bonds is 2. The molecule has 3 rings (SSSR count). The molecule has 0 saturated heterocycles. The lowest BCUT2D eigenvalue weighted by molar-refractivity contribution is 0.103. The molecule has 0 aliphatic carbocycles. The number of nitrogen functional groups attached to an aromatic ring is 1. The Morgan fingerprint density at radius 2 is 2.05 bits per heavy atom. The molecule has 0 unspecified atom stereocenters. The van der Waals surface area contributed by atoms with Crippen molar-refractivity contribution in [2.24, 2.45) is 0 Å². The first-order valence-corrected chi connectivity index (χ1v) is 7.63. The number of pyridine rings is 1. The number of nitrogens with one attached hydrogen (secondary N) is 1. The van der Waals surface area contributed by atoms with Crippen molar-refractivity contribution in [2.75, 3.05) is 11.1 Å². The lowest BCUT2D eigenvalue weighted by Gasteiger charge is -1.99. The van der Waals surface area contributed by atoms with E-state index in [1.807, 2.05) is 31.4 Å². The fourth-order valence-corrected chi connectivity index (χ4v) is 3.54. The Morgan fingerprint density at radius 3 is 2.75 bits per heavy atom. The number of anilines is 2. The molecule has 0 fully saturated rings. The Hall–Kier alpha value is -1.99. The maximum atomic E-state index is 12.3. The van der Waals surface area contributed by atoms with Gasteiger partial charge in [-0.3, -0.25) is 10.1 Å². The highest BCUT2D eigenvalue weighted by Gasteiger charge is 2.18. The van der Waals surface area contributed by atoms with Gasteiger partial charge in [-0.25, -0.2) is 9.97 Å². The van der Waals surface area contributed by atoms with Gasteiger partial charge in [0.25, 0.3) is 5.91 Å². The second-order valence-electron chi connectivity index (χ2n) is 4.40. The van der Waals surface area contributed by atoms with E-state index in [4.69, 9.17) is 5.73 Å². The van der Waals surface area contributed by atoms with Gasteiger partial charge in [0.05, 0.1) is 11.4 Å². The topological polar surface area (TPSA) is 80.9 Å². The smallest absolute Gasteiger partial charge is 0.269 e. The minimum atomic E-state index is -0.238. The molecule has 0 aliphatic heterocycles. The number of carbonyl (C=O) groups is 1. The summed E-state index contributed by atoms with van der Waals surface area (Å²) in [6.07, 6.45) is 0. The van der Waals surface area contributed by atoms with Crippen LogP contribution in [0, 0.1) is 13.8 Å². The molecule has 0 saturated carbocycles. The number of aromatic nitrogens is 2. The Morgan fingerprint density at radius 1 is 1.25 bits per heavy atom. The first kappa shape index (κ1) is 13.0. The van der Waals surface area contributed by atoms with Crippen molar-refractivity contribution >= 4 is 49.6 Å². The SMILES string of the molecule is Cc1csc(NC(=O)c2sc3nc(C)ccc3c2N)n1. The first-order valence-electron chi connectivity index (χ1n) is 5.93. The third kappa shape index (κ3) is 2.25. The molecule has 5 nitrogen and oxygen atoms in total. The van der Waals surface area contributed by atoms with Gasteiger partial charge in [-0.05, 0) is 26.0 Å². The normalized spacial score (nSPS) is 10.9. The first-order chi connectivity index (χ1) is 9.54. The van der Waals surface area contributed by atoms with Crippen molar-refractivity contribution in [3.05, 3.63) is 33.8 Å². The maximum absolute atomic E-state index is 12.3. The monoisotopic (exact) mass is 304 g/mol. The third-order valence-corrected chi connectivity index (χ3v) is 4.77. The zero-order chi connectivity index (χ0) is 14.3.